The molecular weight excluding hydrogens is 463 g/mol. The number of piperazine rings is 1. The maximum absolute atomic E-state index is 14.3. The zero-order valence-corrected chi connectivity index (χ0v) is 22.2. The molecule has 0 bridgehead atoms. The van der Waals surface area contributed by atoms with Gasteiger partial charge < -0.3 is 9.30 Å². The van der Waals surface area contributed by atoms with Crippen LogP contribution in [0.2, 0.25) is 0 Å². The highest BCUT2D eigenvalue weighted by Gasteiger charge is 2.27. The fourth-order valence-corrected chi connectivity index (χ4v) is 8.40. The van der Waals surface area contributed by atoms with Crippen LogP contribution < -0.4 is 15.3 Å². The monoisotopic (exact) mass is 502 g/mol. The van der Waals surface area contributed by atoms with E-state index in [4.69, 9.17) is 4.74 Å². The molecule has 5 heteroatoms. The quantitative estimate of drug-likeness (QED) is 0.360. The Morgan fingerprint density at radius 2 is 1.31 bits per heavy atom. The van der Waals surface area contributed by atoms with Gasteiger partial charge in [-0.05, 0) is 30.5 Å². The van der Waals surface area contributed by atoms with Gasteiger partial charge in [-0.2, -0.15) is 0 Å². The summed E-state index contributed by atoms with van der Waals surface area (Å²) in [5, 5.41) is 1.81. The van der Waals surface area contributed by atoms with Gasteiger partial charge in [0.25, 0.3) is 0 Å². The minimum absolute atomic E-state index is 0.507. The van der Waals surface area contributed by atoms with Crippen LogP contribution in [0.1, 0.15) is 37.7 Å². The maximum Gasteiger partial charge on any atom is 0.147 e. The lowest BCUT2D eigenvalue weighted by Gasteiger charge is -2.40. The average molecular weight is 503 g/mol. The van der Waals surface area contributed by atoms with E-state index in [1.165, 1.54) is 45.2 Å². The van der Waals surface area contributed by atoms with Crippen LogP contribution in [0.3, 0.4) is 0 Å². The van der Waals surface area contributed by atoms with E-state index in [9.17, 15) is 4.57 Å². The highest BCUT2D eigenvalue weighted by atomic mass is 31.2. The van der Waals surface area contributed by atoms with Crippen LogP contribution in [0.4, 0.5) is 0 Å². The van der Waals surface area contributed by atoms with Gasteiger partial charge in [-0.3, -0.25) is 9.80 Å². The van der Waals surface area contributed by atoms with Crippen molar-refractivity contribution in [3.8, 4) is 5.75 Å². The van der Waals surface area contributed by atoms with Crippen LogP contribution in [0, 0.1) is 0 Å². The second kappa shape index (κ2) is 12.2. The zero-order chi connectivity index (χ0) is 24.6. The van der Waals surface area contributed by atoms with Crippen LogP contribution >= 0.6 is 7.14 Å². The average Bonchev–Trinajstić information content (AvgIpc) is 2.96. The molecule has 0 N–H and O–H groups in total. The Kier molecular flexibility index (Phi) is 8.59. The van der Waals surface area contributed by atoms with Crippen molar-refractivity contribution in [2.24, 2.45) is 0 Å². The molecule has 0 radical (unpaired) electrons. The van der Waals surface area contributed by atoms with Gasteiger partial charge in [-0.1, -0.05) is 92.1 Å². The molecule has 190 valence electrons. The second-order valence-corrected chi connectivity index (χ2v) is 13.1. The summed E-state index contributed by atoms with van der Waals surface area (Å²) in [7, 11) is -2.77. The molecule has 1 saturated heterocycles. The Bertz CT molecular complexity index is 1060. The van der Waals surface area contributed by atoms with E-state index in [0.717, 1.165) is 47.6 Å². The summed E-state index contributed by atoms with van der Waals surface area (Å²) in [5.74, 6) is 0.883. The van der Waals surface area contributed by atoms with Crippen molar-refractivity contribution in [1.29, 1.82) is 0 Å². The molecule has 0 spiro atoms. The normalized spacial score (nSPS) is 18.2. The Labute approximate surface area is 216 Å². The molecule has 0 atom stereocenters. The Morgan fingerprint density at radius 3 is 1.89 bits per heavy atom. The molecule has 1 heterocycles. The van der Waals surface area contributed by atoms with Gasteiger partial charge in [0.2, 0.25) is 0 Å². The Morgan fingerprint density at radius 1 is 0.722 bits per heavy atom. The summed E-state index contributed by atoms with van der Waals surface area (Å²) < 4.78 is 20.4. The summed E-state index contributed by atoms with van der Waals surface area (Å²) in [6, 6.07) is 28.8. The van der Waals surface area contributed by atoms with Gasteiger partial charge in [0.1, 0.15) is 19.5 Å². The minimum Gasteiger partial charge on any atom is -0.492 e. The smallest absolute Gasteiger partial charge is 0.147 e. The highest BCUT2D eigenvalue weighted by Crippen LogP contribution is 2.47. The van der Waals surface area contributed by atoms with Crippen LogP contribution in [0.15, 0.2) is 84.9 Å². The van der Waals surface area contributed by atoms with E-state index in [0.29, 0.717) is 12.8 Å². The minimum atomic E-state index is -2.77. The maximum atomic E-state index is 14.3. The number of nitrogens with zero attached hydrogens (tertiary/aromatic N) is 2. The van der Waals surface area contributed by atoms with E-state index in [-0.39, 0.29) is 0 Å². The van der Waals surface area contributed by atoms with Crippen molar-refractivity contribution in [2.45, 2.75) is 44.3 Å². The summed E-state index contributed by atoms with van der Waals surface area (Å²) in [4.78, 5) is 5.25. The first-order chi connectivity index (χ1) is 17.7. The molecule has 5 rings (SSSR count). The molecule has 0 amide bonds. The van der Waals surface area contributed by atoms with Gasteiger partial charge >= 0.3 is 0 Å². The van der Waals surface area contributed by atoms with Crippen molar-refractivity contribution >= 4 is 17.8 Å². The molecule has 1 aliphatic carbocycles. The molecule has 0 unspecified atom stereocenters. The topological polar surface area (TPSA) is 32.8 Å². The molecule has 1 aliphatic heterocycles. The van der Waals surface area contributed by atoms with Crippen LogP contribution in [0.5, 0.6) is 5.75 Å². The summed E-state index contributed by atoms with van der Waals surface area (Å²) in [6.07, 6.45) is 7.54. The largest absolute Gasteiger partial charge is 0.492 e. The number of hydrogen-bond donors (Lipinski definition) is 0. The number of hydrogen-bond acceptors (Lipinski definition) is 4. The van der Waals surface area contributed by atoms with Crippen LogP contribution in [-0.4, -0.2) is 55.2 Å². The van der Waals surface area contributed by atoms with E-state index < -0.39 is 7.14 Å². The standard InChI is InChI=1S/C31H39N2O2P/c34-36(30-12-6-2-7-13-30,31-14-8-3-9-15-31)26-27-16-18-29(19-17-27)35-25-24-32-20-22-33(23-21-32)28-10-4-1-5-11-28/h2-3,6-9,12-19,28H,1,4-5,10-11,20-26H2. The first-order valence-corrected chi connectivity index (χ1v) is 15.5. The molecule has 2 aliphatic rings. The predicted octanol–water partition coefficient (Wildman–Crippen LogP) is 5.53. The lowest BCUT2D eigenvalue weighted by molar-refractivity contribution is 0.0718. The lowest BCUT2D eigenvalue weighted by atomic mass is 9.94. The Hall–Kier alpha value is -2.39. The van der Waals surface area contributed by atoms with Crippen molar-refractivity contribution < 1.29 is 9.30 Å². The molecule has 1 saturated carbocycles. The molecule has 3 aromatic carbocycles. The van der Waals surface area contributed by atoms with Gasteiger partial charge in [0.15, 0.2) is 0 Å². The number of benzene rings is 3. The summed E-state index contributed by atoms with van der Waals surface area (Å²) >= 11 is 0. The SMILES string of the molecule is O=P(Cc1ccc(OCCN2CCN(C3CCCCC3)CC2)cc1)(c1ccccc1)c1ccccc1. The van der Waals surface area contributed by atoms with Gasteiger partial charge in [-0.25, -0.2) is 0 Å². The van der Waals surface area contributed by atoms with Crippen LogP contribution in [0.25, 0.3) is 0 Å². The number of ether oxygens (including phenoxy) is 1. The van der Waals surface area contributed by atoms with Crippen molar-refractivity contribution in [1.82, 2.24) is 9.80 Å². The third-order valence-corrected chi connectivity index (χ3v) is 10.9. The molecule has 2 fully saturated rings. The second-order valence-electron chi connectivity index (χ2n) is 10.2. The van der Waals surface area contributed by atoms with Gasteiger partial charge in [0.05, 0.1) is 0 Å². The number of rotatable bonds is 9. The van der Waals surface area contributed by atoms with Gasteiger partial charge in [-0.15, -0.1) is 0 Å². The Balaban J connectivity index is 1.13. The van der Waals surface area contributed by atoms with E-state index in [2.05, 4.69) is 21.9 Å². The lowest BCUT2D eigenvalue weighted by Crippen LogP contribution is -2.51. The van der Waals surface area contributed by atoms with Gasteiger partial charge in [0, 0.05) is 55.5 Å². The highest BCUT2D eigenvalue weighted by molar-refractivity contribution is 7.78. The van der Waals surface area contributed by atoms with E-state index >= 15 is 0 Å². The molecule has 36 heavy (non-hydrogen) atoms. The predicted molar refractivity (Wildman–Crippen MR) is 150 cm³/mol. The van der Waals surface area contributed by atoms with E-state index in [1.54, 1.807) is 0 Å². The van der Waals surface area contributed by atoms with Crippen LogP contribution in [-0.2, 0) is 10.7 Å². The molecular formula is C31H39N2O2P. The zero-order valence-electron chi connectivity index (χ0n) is 21.3. The van der Waals surface area contributed by atoms with Crippen molar-refractivity contribution in [3.63, 3.8) is 0 Å². The molecule has 0 aromatic heterocycles. The summed E-state index contributed by atoms with van der Waals surface area (Å²) in [6.45, 7) is 6.36. The third kappa shape index (κ3) is 6.29. The fraction of sp³-hybridized carbons (Fsp3) is 0.419. The molecule has 3 aromatic rings. The van der Waals surface area contributed by atoms with Crippen molar-refractivity contribution in [2.75, 3.05) is 39.3 Å². The first kappa shape index (κ1) is 25.3. The first-order valence-electron chi connectivity index (χ1n) is 13.6. The third-order valence-electron chi connectivity index (χ3n) is 7.85. The molecule has 4 nitrogen and oxygen atoms in total. The van der Waals surface area contributed by atoms with Crippen molar-refractivity contribution in [3.05, 3.63) is 90.5 Å². The summed E-state index contributed by atoms with van der Waals surface area (Å²) in [5.41, 5.74) is 1.07. The fourth-order valence-electron chi connectivity index (χ4n) is 5.71. The van der Waals surface area contributed by atoms with E-state index in [1.807, 2.05) is 72.8 Å².